The van der Waals surface area contributed by atoms with Crippen LogP contribution in [0.4, 0.5) is 13.2 Å². The number of rotatable bonds is 5. The fourth-order valence-electron chi connectivity index (χ4n) is 1.38. The van der Waals surface area contributed by atoms with Crippen molar-refractivity contribution in [1.29, 1.82) is 0 Å². The fraction of sp³-hybridized carbons (Fsp3) is 0.500. The van der Waals surface area contributed by atoms with Crippen molar-refractivity contribution < 1.29 is 21.6 Å². The Morgan fingerprint density at radius 1 is 1.39 bits per heavy atom. The maximum Gasteiger partial charge on any atom is 0.301 e. The molecule has 0 aliphatic heterocycles. The van der Waals surface area contributed by atoms with Crippen LogP contribution in [0.25, 0.3) is 0 Å². The molecule has 0 spiro atoms. The van der Waals surface area contributed by atoms with Crippen LogP contribution in [-0.4, -0.2) is 19.2 Å². The summed E-state index contributed by atoms with van der Waals surface area (Å²) in [5, 5.41) is 1.66. The van der Waals surface area contributed by atoms with Crippen LogP contribution in [0, 0.1) is 0 Å². The molecule has 18 heavy (non-hydrogen) atoms. The molecule has 3 nitrogen and oxygen atoms in total. The predicted octanol–water partition coefficient (Wildman–Crippen LogP) is 3.26. The van der Waals surface area contributed by atoms with Crippen LogP contribution in [0.15, 0.2) is 21.6 Å². The molecule has 0 radical (unpaired) electrons. The number of thiazole rings is 1. The van der Waals surface area contributed by atoms with Crippen LogP contribution in [0.5, 0.6) is 0 Å². The summed E-state index contributed by atoms with van der Waals surface area (Å²) in [5.74, 6) is -2.05. The maximum atomic E-state index is 12.6. The highest BCUT2D eigenvalue weighted by Crippen LogP contribution is 2.40. The minimum atomic E-state index is -3.77. The SMILES string of the molecule is O=S(=O)(CCC(F)=C(F)F)c1nc(C2CC2)cs1. The van der Waals surface area contributed by atoms with Crippen molar-refractivity contribution >= 4 is 21.2 Å². The van der Waals surface area contributed by atoms with Crippen molar-refractivity contribution in [3.8, 4) is 0 Å². The van der Waals surface area contributed by atoms with E-state index in [-0.39, 0.29) is 4.34 Å². The molecule has 2 rings (SSSR count). The normalized spacial score (nSPS) is 15.7. The fourth-order valence-corrected chi connectivity index (χ4v) is 3.86. The summed E-state index contributed by atoms with van der Waals surface area (Å²) >= 11 is 0.960. The topological polar surface area (TPSA) is 47.0 Å². The number of allylic oxidation sites excluding steroid dienone is 1. The Balaban J connectivity index is 2.07. The van der Waals surface area contributed by atoms with Gasteiger partial charge in [0, 0.05) is 17.7 Å². The van der Waals surface area contributed by atoms with E-state index in [0.717, 1.165) is 29.9 Å². The zero-order valence-electron chi connectivity index (χ0n) is 9.20. The van der Waals surface area contributed by atoms with Gasteiger partial charge in [-0.05, 0) is 12.8 Å². The van der Waals surface area contributed by atoms with Gasteiger partial charge < -0.3 is 0 Å². The van der Waals surface area contributed by atoms with E-state index in [1.807, 2.05) is 0 Å². The van der Waals surface area contributed by atoms with Crippen LogP contribution >= 0.6 is 11.3 Å². The Labute approximate surface area is 106 Å². The molecule has 0 amide bonds. The average Bonchev–Trinajstić information content (AvgIpc) is 3.03. The van der Waals surface area contributed by atoms with Crippen LogP contribution in [0.3, 0.4) is 0 Å². The van der Waals surface area contributed by atoms with Gasteiger partial charge in [0.15, 0.2) is 5.83 Å². The first-order valence-corrected chi connectivity index (χ1v) is 7.81. The molecule has 1 saturated carbocycles. The van der Waals surface area contributed by atoms with Gasteiger partial charge in [0.05, 0.1) is 11.4 Å². The van der Waals surface area contributed by atoms with Crippen molar-refractivity contribution in [2.45, 2.75) is 29.5 Å². The molecule has 0 saturated heterocycles. The first-order chi connectivity index (χ1) is 8.40. The molecule has 8 heteroatoms. The molecule has 0 atom stereocenters. The van der Waals surface area contributed by atoms with E-state index in [4.69, 9.17) is 0 Å². The summed E-state index contributed by atoms with van der Waals surface area (Å²) in [5.41, 5.74) is 0.728. The lowest BCUT2D eigenvalue weighted by Gasteiger charge is -1.98. The molecule has 1 aromatic heterocycles. The van der Waals surface area contributed by atoms with Crippen LogP contribution in [0.1, 0.15) is 30.9 Å². The highest BCUT2D eigenvalue weighted by molar-refractivity contribution is 7.93. The van der Waals surface area contributed by atoms with Gasteiger partial charge in [-0.2, -0.15) is 8.78 Å². The summed E-state index contributed by atoms with van der Waals surface area (Å²) in [7, 11) is -3.77. The van der Waals surface area contributed by atoms with E-state index in [2.05, 4.69) is 4.98 Å². The molecule has 0 N–H and O–H groups in total. The lowest BCUT2D eigenvalue weighted by atomic mass is 10.3. The van der Waals surface area contributed by atoms with E-state index in [1.54, 1.807) is 5.38 Å². The Hall–Kier alpha value is -0.890. The van der Waals surface area contributed by atoms with Crippen molar-refractivity contribution in [3.63, 3.8) is 0 Å². The largest absolute Gasteiger partial charge is 0.301 e. The van der Waals surface area contributed by atoms with Crippen LogP contribution in [-0.2, 0) is 9.84 Å². The van der Waals surface area contributed by atoms with Crippen molar-refractivity contribution in [1.82, 2.24) is 4.98 Å². The van der Waals surface area contributed by atoms with E-state index in [9.17, 15) is 21.6 Å². The predicted molar refractivity (Wildman–Crippen MR) is 61.1 cm³/mol. The number of hydrogen-bond donors (Lipinski definition) is 0. The number of sulfone groups is 1. The zero-order valence-corrected chi connectivity index (χ0v) is 10.8. The highest BCUT2D eigenvalue weighted by Gasteiger charge is 2.28. The molecule has 1 fully saturated rings. The molecule has 0 bridgehead atoms. The Bertz CT molecular complexity index is 572. The third kappa shape index (κ3) is 3.11. The first-order valence-electron chi connectivity index (χ1n) is 5.28. The Kier molecular flexibility index (Phi) is 3.76. The number of hydrogen-bond acceptors (Lipinski definition) is 4. The average molecular weight is 297 g/mol. The Morgan fingerprint density at radius 3 is 2.61 bits per heavy atom. The second-order valence-corrected chi connectivity index (χ2v) is 7.19. The second kappa shape index (κ2) is 5.00. The van der Waals surface area contributed by atoms with Gasteiger partial charge in [0.2, 0.25) is 14.2 Å². The molecule has 1 heterocycles. The minimum absolute atomic E-state index is 0.114. The van der Waals surface area contributed by atoms with Crippen molar-refractivity contribution in [2.24, 2.45) is 0 Å². The molecule has 0 aromatic carbocycles. The van der Waals surface area contributed by atoms with Gasteiger partial charge >= 0.3 is 6.08 Å². The van der Waals surface area contributed by atoms with Crippen LogP contribution < -0.4 is 0 Å². The molecular formula is C10H10F3NO2S2. The van der Waals surface area contributed by atoms with E-state index < -0.39 is 33.9 Å². The van der Waals surface area contributed by atoms with Gasteiger partial charge in [-0.15, -0.1) is 11.3 Å². The van der Waals surface area contributed by atoms with E-state index in [1.165, 1.54) is 0 Å². The number of nitrogens with zero attached hydrogens (tertiary/aromatic N) is 1. The third-order valence-electron chi connectivity index (χ3n) is 2.56. The minimum Gasteiger partial charge on any atom is -0.230 e. The zero-order chi connectivity index (χ0) is 13.3. The summed E-state index contributed by atoms with van der Waals surface area (Å²) in [6.07, 6.45) is -1.30. The summed E-state index contributed by atoms with van der Waals surface area (Å²) < 4.78 is 59.5. The molecule has 100 valence electrons. The quantitative estimate of drug-likeness (QED) is 0.838. The summed E-state index contributed by atoms with van der Waals surface area (Å²) in [4.78, 5) is 3.97. The van der Waals surface area contributed by atoms with Gasteiger partial charge in [0.25, 0.3) is 0 Å². The maximum absolute atomic E-state index is 12.6. The standard InChI is InChI=1S/C10H10F3NO2S2/c11-7(9(12)13)3-4-18(15,16)10-14-8(5-17-10)6-1-2-6/h5-6H,1-4H2. The molecular weight excluding hydrogens is 287 g/mol. The smallest absolute Gasteiger partial charge is 0.230 e. The van der Waals surface area contributed by atoms with Crippen LogP contribution in [0.2, 0.25) is 0 Å². The van der Waals surface area contributed by atoms with E-state index in [0.29, 0.717) is 5.92 Å². The van der Waals surface area contributed by atoms with E-state index >= 15 is 0 Å². The van der Waals surface area contributed by atoms with Crippen molar-refractivity contribution in [3.05, 3.63) is 23.0 Å². The summed E-state index contributed by atoms with van der Waals surface area (Å²) in [6.45, 7) is 0. The lowest BCUT2D eigenvalue weighted by molar-refractivity contribution is 0.373. The molecule has 1 aromatic rings. The van der Waals surface area contributed by atoms with Gasteiger partial charge in [-0.3, -0.25) is 0 Å². The Morgan fingerprint density at radius 2 is 2.06 bits per heavy atom. The third-order valence-corrected chi connectivity index (χ3v) is 5.63. The monoisotopic (exact) mass is 297 g/mol. The van der Waals surface area contributed by atoms with Gasteiger partial charge in [-0.25, -0.2) is 17.8 Å². The number of aromatic nitrogens is 1. The number of halogens is 3. The van der Waals surface area contributed by atoms with Gasteiger partial charge in [0.1, 0.15) is 0 Å². The molecule has 0 unspecified atom stereocenters. The van der Waals surface area contributed by atoms with Crippen molar-refractivity contribution in [2.75, 3.05) is 5.75 Å². The summed E-state index contributed by atoms with van der Waals surface area (Å²) in [6, 6.07) is 0. The second-order valence-electron chi connectivity index (χ2n) is 4.05. The molecule has 1 aliphatic rings. The van der Waals surface area contributed by atoms with Gasteiger partial charge in [-0.1, -0.05) is 0 Å². The highest BCUT2D eigenvalue weighted by atomic mass is 32.2. The first kappa shape index (κ1) is 13.5. The molecule has 1 aliphatic carbocycles. The lowest BCUT2D eigenvalue weighted by Crippen LogP contribution is -2.07.